The molecule has 0 amide bonds. The molecule has 0 fully saturated rings. The van der Waals surface area contributed by atoms with Crippen LogP contribution in [0.25, 0.3) is 0 Å². The van der Waals surface area contributed by atoms with Crippen molar-refractivity contribution < 1.29 is 4.42 Å². The fourth-order valence-electron chi connectivity index (χ4n) is 1.77. The van der Waals surface area contributed by atoms with Crippen molar-refractivity contribution in [3.8, 4) is 0 Å². The summed E-state index contributed by atoms with van der Waals surface area (Å²) in [7, 11) is 0. The molecule has 0 aromatic heterocycles. The molecule has 0 aromatic carbocycles. The fraction of sp³-hybridized carbons (Fsp3) is 0.308. The number of ketones is 1. The number of hydrogen-bond donors (Lipinski definition) is 0. The van der Waals surface area contributed by atoms with Gasteiger partial charge in [0.2, 0.25) is 0 Å². The molecule has 0 aromatic rings. The Morgan fingerprint density at radius 1 is 1.50 bits per heavy atom. The summed E-state index contributed by atoms with van der Waals surface area (Å²) in [5.74, 6) is 1.03. The van der Waals surface area contributed by atoms with Crippen LogP contribution >= 0.6 is 0 Å². The number of hydrogen-bond acceptors (Lipinski definition) is 0. The lowest BCUT2D eigenvalue weighted by molar-refractivity contribution is -0.443. The minimum absolute atomic E-state index is 0.667. The Morgan fingerprint density at radius 3 is 3.29 bits per heavy atom. The van der Waals surface area contributed by atoms with Gasteiger partial charge in [-0.25, -0.2) is 4.42 Å². The maximum atomic E-state index is 5.67. The van der Waals surface area contributed by atoms with Crippen LogP contribution < -0.4 is 0 Å². The van der Waals surface area contributed by atoms with Gasteiger partial charge in [-0.1, -0.05) is 24.3 Å². The molecular formula is C13H15O+. The lowest BCUT2D eigenvalue weighted by Gasteiger charge is -2.01. The topological polar surface area (TPSA) is 11.3 Å². The van der Waals surface area contributed by atoms with Crippen molar-refractivity contribution in [3.63, 3.8) is 0 Å². The lowest BCUT2D eigenvalue weighted by Crippen LogP contribution is -2.06. The van der Waals surface area contributed by atoms with E-state index in [9.17, 15) is 0 Å². The van der Waals surface area contributed by atoms with Crippen LogP contribution in [0.15, 0.2) is 47.6 Å². The third kappa shape index (κ3) is 1.77. The van der Waals surface area contributed by atoms with Crippen molar-refractivity contribution in [1.29, 1.82) is 0 Å². The molecule has 2 aliphatic carbocycles. The number of allylic oxidation sites excluding steroid dienone is 7. The van der Waals surface area contributed by atoms with Crippen molar-refractivity contribution in [2.24, 2.45) is 0 Å². The van der Waals surface area contributed by atoms with Gasteiger partial charge >= 0.3 is 5.78 Å². The van der Waals surface area contributed by atoms with Crippen LogP contribution in [0.5, 0.6) is 0 Å². The van der Waals surface area contributed by atoms with E-state index in [1.54, 1.807) is 0 Å². The highest BCUT2D eigenvalue weighted by molar-refractivity contribution is 6.09. The minimum atomic E-state index is 0.667. The first kappa shape index (κ1) is 9.20. The van der Waals surface area contributed by atoms with Gasteiger partial charge in [-0.3, -0.25) is 0 Å². The summed E-state index contributed by atoms with van der Waals surface area (Å²) in [4.78, 5) is 0. The van der Waals surface area contributed by atoms with Gasteiger partial charge < -0.3 is 0 Å². The number of fused-ring (bicyclic) bond motifs is 1. The molecule has 2 aliphatic rings. The van der Waals surface area contributed by atoms with Crippen LogP contribution in [0.4, 0.5) is 0 Å². The predicted molar refractivity (Wildman–Crippen MR) is 59.2 cm³/mol. The van der Waals surface area contributed by atoms with Crippen LogP contribution in [-0.4, -0.2) is 12.4 Å². The largest absolute Gasteiger partial charge is 0.351 e. The van der Waals surface area contributed by atoms with Crippen molar-refractivity contribution in [2.75, 3.05) is 6.61 Å². The Morgan fingerprint density at radius 2 is 2.43 bits per heavy atom. The molecule has 0 unspecified atom stereocenters. The Balaban J connectivity index is 2.17. The molecule has 2 rings (SSSR count). The van der Waals surface area contributed by atoms with Crippen molar-refractivity contribution >= 4 is 5.78 Å². The summed E-state index contributed by atoms with van der Waals surface area (Å²) in [6.07, 6.45) is 14.9. The Kier molecular flexibility index (Phi) is 2.78. The minimum Gasteiger partial charge on any atom is -0.250 e. The third-order valence-corrected chi connectivity index (χ3v) is 2.49. The number of rotatable bonds is 2. The van der Waals surface area contributed by atoms with Crippen molar-refractivity contribution in [2.45, 2.75) is 19.8 Å². The second kappa shape index (κ2) is 4.23. The molecule has 0 radical (unpaired) electrons. The molecule has 0 N–H and O–H groups in total. The zero-order valence-electron chi connectivity index (χ0n) is 8.49. The predicted octanol–water partition coefficient (Wildman–Crippen LogP) is 2.88. The van der Waals surface area contributed by atoms with Gasteiger partial charge in [-0.15, -0.1) is 0 Å². The fourth-order valence-corrected chi connectivity index (χ4v) is 1.77. The normalized spacial score (nSPS) is 22.8. The summed E-state index contributed by atoms with van der Waals surface area (Å²) in [5, 5.41) is 0. The molecule has 72 valence electrons. The highest BCUT2D eigenvalue weighted by Crippen LogP contribution is 2.28. The van der Waals surface area contributed by atoms with Crippen LogP contribution in [0.3, 0.4) is 0 Å². The Bertz CT molecular complexity index is 365. The molecule has 0 saturated heterocycles. The highest BCUT2D eigenvalue weighted by Gasteiger charge is 2.24. The zero-order chi connectivity index (χ0) is 9.80. The Hall–Kier alpha value is -1.37. The monoisotopic (exact) mass is 187 g/mol. The van der Waals surface area contributed by atoms with E-state index >= 15 is 0 Å². The smallest absolute Gasteiger partial charge is 0.250 e. The zero-order valence-corrected chi connectivity index (χ0v) is 8.49. The van der Waals surface area contributed by atoms with E-state index < -0.39 is 0 Å². The van der Waals surface area contributed by atoms with Gasteiger partial charge in [-0.05, 0) is 25.3 Å². The van der Waals surface area contributed by atoms with E-state index in [4.69, 9.17) is 4.42 Å². The molecular weight excluding hydrogens is 172 g/mol. The maximum absolute atomic E-state index is 5.67. The second-order valence-corrected chi connectivity index (χ2v) is 3.45. The summed E-state index contributed by atoms with van der Waals surface area (Å²) in [5.41, 5.74) is 2.72. The molecule has 0 heterocycles. The highest BCUT2D eigenvalue weighted by atomic mass is 16.4. The summed E-state index contributed by atoms with van der Waals surface area (Å²) < 4.78 is 5.67. The molecule has 1 nitrogen and oxygen atoms in total. The van der Waals surface area contributed by atoms with Crippen molar-refractivity contribution in [1.82, 2.24) is 0 Å². The van der Waals surface area contributed by atoms with Crippen LogP contribution in [0.1, 0.15) is 19.8 Å². The van der Waals surface area contributed by atoms with Gasteiger partial charge in [0, 0.05) is 12.2 Å². The SMILES string of the molecule is C/C=C\C[O+]=C1C=CC=C2CCC=C21. The van der Waals surface area contributed by atoms with E-state index in [1.165, 1.54) is 11.1 Å². The molecule has 0 aliphatic heterocycles. The van der Waals surface area contributed by atoms with Crippen LogP contribution in [0, 0.1) is 0 Å². The van der Waals surface area contributed by atoms with E-state index in [-0.39, 0.29) is 0 Å². The standard InChI is InChI=1S/C13H15O/c1-2-3-10-14-13-9-5-7-11-6-4-8-12(11)13/h2-3,5,7-9H,4,6,10H2,1H3/q+1/b3-2-. The maximum Gasteiger partial charge on any atom is 0.351 e. The van der Waals surface area contributed by atoms with Gasteiger partial charge in [0.25, 0.3) is 6.61 Å². The summed E-state index contributed by atoms with van der Waals surface area (Å²) in [6.45, 7) is 2.67. The van der Waals surface area contributed by atoms with Gasteiger partial charge in [0.15, 0.2) is 0 Å². The molecule has 14 heavy (non-hydrogen) atoms. The first-order chi connectivity index (χ1) is 6.92. The summed E-state index contributed by atoms with van der Waals surface area (Å²) in [6, 6.07) is 0. The third-order valence-electron chi connectivity index (χ3n) is 2.49. The van der Waals surface area contributed by atoms with Gasteiger partial charge in [-0.2, -0.15) is 0 Å². The quantitative estimate of drug-likeness (QED) is 0.465. The van der Waals surface area contributed by atoms with E-state index in [1.807, 2.05) is 25.2 Å². The van der Waals surface area contributed by atoms with Crippen molar-refractivity contribution in [3.05, 3.63) is 47.6 Å². The van der Waals surface area contributed by atoms with Gasteiger partial charge in [0.1, 0.15) is 0 Å². The van der Waals surface area contributed by atoms with Gasteiger partial charge in [0.05, 0.1) is 5.57 Å². The first-order valence-corrected chi connectivity index (χ1v) is 5.11. The van der Waals surface area contributed by atoms with Crippen LogP contribution in [-0.2, 0) is 4.42 Å². The van der Waals surface area contributed by atoms with E-state index in [2.05, 4.69) is 18.2 Å². The molecule has 0 atom stereocenters. The number of carbonyl (C=O) groups excluding carboxylic acids is 1. The second-order valence-electron chi connectivity index (χ2n) is 3.45. The van der Waals surface area contributed by atoms with E-state index in [0.29, 0.717) is 6.61 Å². The molecule has 0 bridgehead atoms. The average Bonchev–Trinajstić information content (AvgIpc) is 2.67. The first-order valence-electron chi connectivity index (χ1n) is 5.11. The molecule has 1 heteroatoms. The van der Waals surface area contributed by atoms with Crippen LogP contribution in [0.2, 0.25) is 0 Å². The summed E-state index contributed by atoms with van der Waals surface area (Å²) >= 11 is 0. The molecule has 0 spiro atoms. The molecule has 0 saturated carbocycles. The average molecular weight is 187 g/mol. The lowest BCUT2D eigenvalue weighted by atomic mass is 10.0. The Labute approximate surface area is 84.8 Å². The van der Waals surface area contributed by atoms with E-state index in [0.717, 1.165) is 18.6 Å².